The highest BCUT2D eigenvalue weighted by Gasteiger charge is 2.20. The predicted octanol–water partition coefficient (Wildman–Crippen LogP) is 4.12. The number of nitrogens with zero attached hydrogens (tertiary/aromatic N) is 4. The zero-order valence-corrected chi connectivity index (χ0v) is 20.0. The highest BCUT2D eigenvalue weighted by atomic mass is 32.2. The molecule has 0 amide bonds. The Kier molecular flexibility index (Phi) is 6.25. The molecule has 0 aliphatic carbocycles. The van der Waals surface area contributed by atoms with Crippen LogP contribution in [0.2, 0.25) is 0 Å². The molecule has 1 aliphatic heterocycles. The van der Waals surface area contributed by atoms with E-state index < -0.39 is 0 Å². The molecule has 3 heterocycles. The maximum Gasteiger partial charge on any atom is 0.262 e. The molecule has 0 N–H and O–H groups in total. The van der Waals surface area contributed by atoms with Gasteiger partial charge in [0.15, 0.2) is 16.7 Å². The molecule has 0 fully saturated rings. The van der Waals surface area contributed by atoms with Crippen LogP contribution in [0.4, 0.5) is 0 Å². The fraction of sp³-hybridized carbons (Fsp3) is 0.333. The molecule has 4 aromatic rings. The van der Waals surface area contributed by atoms with Gasteiger partial charge in [-0.05, 0) is 43.5 Å². The Hall–Kier alpha value is -3.37. The van der Waals surface area contributed by atoms with E-state index in [0.717, 1.165) is 5.56 Å². The molecule has 0 saturated carbocycles. The Morgan fingerprint density at radius 2 is 1.91 bits per heavy atom. The van der Waals surface area contributed by atoms with Crippen LogP contribution in [0.15, 0.2) is 44.8 Å². The number of rotatable bonds is 8. The number of hydrogen-bond acceptors (Lipinski definition) is 9. The third-order valence-corrected chi connectivity index (χ3v) is 6.66. The zero-order valence-electron chi connectivity index (χ0n) is 19.2. The number of aryl methyl sites for hydroxylation is 2. The molecule has 34 heavy (non-hydrogen) atoms. The number of benzene rings is 2. The van der Waals surface area contributed by atoms with E-state index in [1.54, 1.807) is 23.8 Å². The summed E-state index contributed by atoms with van der Waals surface area (Å²) in [5.74, 6) is 2.52. The first-order valence-corrected chi connectivity index (χ1v) is 11.9. The largest absolute Gasteiger partial charge is 0.454 e. The van der Waals surface area contributed by atoms with Crippen molar-refractivity contribution in [3.05, 3.63) is 57.7 Å². The van der Waals surface area contributed by atoms with Gasteiger partial charge in [-0.25, -0.2) is 4.98 Å². The highest BCUT2D eigenvalue weighted by molar-refractivity contribution is 7.98. The second-order valence-electron chi connectivity index (χ2n) is 8.02. The van der Waals surface area contributed by atoms with Crippen LogP contribution in [0.3, 0.4) is 0 Å². The Labute approximate surface area is 200 Å². The number of thioether (sulfide) groups is 1. The van der Waals surface area contributed by atoms with E-state index in [2.05, 4.69) is 24.0 Å². The normalized spacial score (nSPS) is 12.6. The van der Waals surface area contributed by atoms with E-state index in [1.165, 1.54) is 22.9 Å². The van der Waals surface area contributed by atoms with E-state index >= 15 is 0 Å². The van der Waals surface area contributed by atoms with E-state index in [9.17, 15) is 4.79 Å². The molecule has 0 unspecified atom stereocenters. The first kappa shape index (κ1) is 22.4. The molecule has 5 rings (SSSR count). The lowest BCUT2D eigenvalue weighted by molar-refractivity contribution is 0.174. The van der Waals surface area contributed by atoms with Gasteiger partial charge in [0.2, 0.25) is 18.5 Å². The van der Waals surface area contributed by atoms with Gasteiger partial charge in [-0.3, -0.25) is 9.36 Å². The summed E-state index contributed by atoms with van der Waals surface area (Å²) in [5.41, 5.74) is 3.70. The predicted molar refractivity (Wildman–Crippen MR) is 127 cm³/mol. The van der Waals surface area contributed by atoms with Crippen LogP contribution in [0, 0.1) is 13.8 Å². The van der Waals surface area contributed by atoms with Crippen LogP contribution in [-0.2, 0) is 17.0 Å². The summed E-state index contributed by atoms with van der Waals surface area (Å²) in [4.78, 5) is 22.6. The van der Waals surface area contributed by atoms with Gasteiger partial charge in [-0.1, -0.05) is 29.1 Å². The van der Waals surface area contributed by atoms with Gasteiger partial charge >= 0.3 is 0 Å². The Balaban J connectivity index is 1.43. The molecule has 0 saturated heterocycles. The molecule has 0 spiro atoms. The fourth-order valence-electron chi connectivity index (χ4n) is 3.70. The number of methoxy groups -OCH3 is 1. The number of hydrogen-bond donors (Lipinski definition) is 0. The molecule has 10 heteroatoms. The Bertz CT molecular complexity index is 1410. The van der Waals surface area contributed by atoms with Crippen molar-refractivity contribution in [2.75, 3.05) is 20.5 Å². The standard InChI is InChI=1S/C24H24N4O5S/c1-14-5-6-16(9-15(14)2)22-26-21(33-27-22)12-34-24-25-18-11-20-19(31-13-32-20)10-17(18)23(29)28(24)7-4-8-30-3/h5-6,9-11H,4,7-8,12-13H2,1-3H3. The highest BCUT2D eigenvalue weighted by Crippen LogP contribution is 2.35. The summed E-state index contributed by atoms with van der Waals surface area (Å²) in [6.07, 6.45) is 0.680. The summed E-state index contributed by atoms with van der Waals surface area (Å²) >= 11 is 1.38. The van der Waals surface area contributed by atoms with E-state index in [0.29, 0.717) is 64.6 Å². The molecular formula is C24H24N4O5S. The van der Waals surface area contributed by atoms with Crippen molar-refractivity contribution in [1.29, 1.82) is 0 Å². The first-order chi connectivity index (χ1) is 16.5. The molecule has 2 aromatic heterocycles. The van der Waals surface area contributed by atoms with Gasteiger partial charge < -0.3 is 18.7 Å². The van der Waals surface area contributed by atoms with Crippen molar-refractivity contribution >= 4 is 22.7 Å². The van der Waals surface area contributed by atoms with Crippen molar-refractivity contribution in [1.82, 2.24) is 19.7 Å². The van der Waals surface area contributed by atoms with Crippen molar-refractivity contribution in [2.24, 2.45) is 0 Å². The summed E-state index contributed by atoms with van der Waals surface area (Å²) in [6.45, 7) is 5.27. The van der Waals surface area contributed by atoms with Crippen LogP contribution in [-0.4, -0.2) is 40.2 Å². The van der Waals surface area contributed by atoms with Crippen LogP contribution < -0.4 is 15.0 Å². The van der Waals surface area contributed by atoms with Gasteiger partial charge in [0.25, 0.3) is 5.56 Å². The third-order valence-electron chi connectivity index (χ3n) is 5.70. The maximum atomic E-state index is 13.3. The number of aromatic nitrogens is 4. The second kappa shape index (κ2) is 9.47. The van der Waals surface area contributed by atoms with E-state index in [-0.39, 0.29) is 12.4 Å². The molecule has 1 aliphatic rings. The van der Waals surface area contributed by atoms with Gasteiger partial charge in [-0.2, -0.15) is 4.98 Å². The summed E-state index contributed by atoms with van der Waals surface area (Å²) in [7, 11) is 1.64. The minimum atomic E-state index is -0.136. The smallest absolute Gasteiger partial charge is 0.262 e. The topological polar surface area (TPSA) is 102 Å². The Morgan fingerprint density at radius 1 is 1.09 bits per heavy atom. The van der Waals surface area contributed by atoms with Crippen molar-refractivity contribution in [2.45, 2.75) is 37.7 Å². The molecule has 2 aromatic carbocycles. The minimum Gasteiger partial charge on any atom is -0.454 e. The minimum absolute atomic E-state index is 0.134. The third kappa shape index (κ3) is 4.38. The van der Waals surface area contributed by atoms with Crippen LogP contribution in [0.25, 0.3) is 22.3 Å². The van der Waals surface area contributed by atoms with Crippen molar-refractivity contribution in [3.63, 3.8) is 0 Å². The zero-order chi connectivity index (χ0) is 23.7. The monoisotopic (exact) mass is 480 g/mol. The van der Waals surface area contributed by atoms with Crippen LogP contribution >= 0.6 is 11.8 Å². The van der Waals surface area contributed by atoms with Gasteiger partial charge in [0, 0.05) is 31.9 Å². The fourth-order valence-corrected chi connectivity index (χ4v) is 4.57. The van der Waals surface area contributed by atoms with Gasteiger partial charge in [0.1, 0.15) is 0 Å². The molecular weight excluding hydrogens is 456 g/mol. The Morgan fingerprint density at radius 3 is 2.71 bits per heavy atom. The van der Waals surface area contributed by atoms with E-state index in [1.807, 2.05) is 18.2 Å². The SMILES string of the molecule is COCCCn1c(SCc2nc(-c3ccc(C)c(C)c3)no2)nc2cc3c(cc2c1=O)OCO3. The molecule has 0 atom stereocenters. The maximum absolute atomic E-state index is 13.3. The lowest BCUT2D eigenvalue weighted by atomic mass is 10.1. The van der Waals surface area contributed by atoms with Crippen LogP contribution in [0.5, 0.6) is 11.5 Å². The first-order valence-electron chi connectivity index (χ1n) is 10.9. The molecule has 176 valence electrons. The second-order valence-corrected chi connectivity index (χ2v) is 8.96. The quantitative estimate of drug-likeness (QED) is 0.209. The van der Waals surface area contributed by atoms with Gasteiger partial charge in [0.05, 0.1) is 16.7 Å². The molecule has 0 radical (unpaired) electrons. The average molecular weight is 481 g/mol. The van der Waals surface area contributed by atoms with Crippen LogP contribution in [0.1, 0.15) is 23.4 Å². The number of fused-ring (bicyclic) bond motifs is 2. The number of ether oxygens (including phenoxy) is 3. The molecule has 9 nitrogen and oxygen atoms in total. The van der Waals surface area contributed by atoms with E-state index in [4.69, 9.17) is 23.7 Å². The lowest BCUT2D eigenvalue weighted by Gasteiger charge is -2.12. The lowest BCUT2D eigenvalue weighted by Crippen LogP contribution is -2.24. The average Bonchev–Trinajstić information content (AvgIpc) is 3.49. The van der Waals surface area contributed by atoms with Gasteiger partial charge in [-0.15, -0.1) is 0 Å². The molecule has 0 bridgehead atoms. The summed E-state index contributed by atoms with van der Waals surface area (Å²) in [5, 5.41) is 5.18. The van der Waals surface area contributed by atoms with Crippen molar-refractivity contribution in [3.8, 4) is 22.9 Å². The van der Waals surface area contributed by atoms with Crippen molar-refractivity contribution < 1.29 is 18.7 Å². The summed E-state index contributed by atoms with van der Waals surface area (Å²) < 4.78 is 23.2. The summed E-state index contributed by atoms with van der Waals surface area (Å²) in [6, 6.07) is 9.50.